The first-order valence-corrected chi connectivity index (χ1v) is 9.73. The third-order valence-corrected chi connectivity index (χ3v) is 4.99. The molecule has 2 rings (SSSR count). The van der Waals surface area contributed by atoms with E-state index in [1.807, 2.05) is 42.5 Å². The summed E-state index contributed by atoms with van der Waals surface area (Å²) in [5, 5.41) is 28.9. The van der Waals surface area contributed by atoms with E-state index in [9.17, 15) is 19.8 Å². The number of carboxylic acids is 1. The summed E-state index contributed by atoms with van der Waals surface area (Å²) in [7, 11) is 0. The van der Waals surface area contributed by atoms with Crippen molar-refractivity contribution in [3.05, 3.63) is 65.6 Å². The number of carbonyl (C=O) groups is 2. The molecule has 1 unspecified atom stereocenters. The van der Waals surface area contributed by atoms with E-state index in [0.29, 0.717) is 32.1 Å². The van der Waals surface area contributed by atoms with Crippen molar-refractivity contribution in [2.45, 2.75) is 51.0 Å². The molecule has 0 radical (unpaired) electrons. The lowest BCUT2D eigenvalue weighted by Gasteiger charge is -2.14. The van der Waals surface area contributed by atoms with Crippen LogP contribution in [0, 0.1) is 11.8 Å². The van der Waals surface area contributed by atoms with Gasteiger partial charge in [-0.1, -0.05) is 48.2 Å². The Morgan fingerprint density at radius 3 is 2.61 bits per heavy atom. The highest BCUT2D eigenvalue weighted by atomic mass is 16.4. The minimum atomic E-state index is -0.813. The first kappa shape index (κ1) is 21.7. The Bertz CT molecular complexity index is 744. The molecule has 1 fully saturated rings. The minimum absolute atomic E-state index is 0.00881. The molecule has 1 aliphatic carbocycles. The molecule has 5 heteroatoms. The van der Waals surface area contributed by atoms with Crippen LogP contribution in [0.15, 0.2) is 60.1 Å². The fourth-order valence-corrected chi connectivity index (χ4v) is 3.40. The molecular weight excluding hydrogens is 356 g/mol. The van der Waals surface area contributed by atoms with Crippen LogP contribution in [-0.4, -0.2) is 33.2 Å². The molecule has 1 aromatic carbocycles. The normalized spacial score (nSPS) is 21.6. The van der Waals surface area contributed by atoms with Crippen molar-refractivity contribution < 1.29 is 24.9 Å². The van der Waals surface area contributed by atoms with E-state index in [1.165, 1.54) is 0 Å². The summed E-state index contributed by atoms with van der Waals surface area (Å²) in [5.74, 6) is -1.39. The van der Waals surface area contributed by atoms with Crippen molar-refractivity contribution in [2.75, 3.05) is 0 Å². The van der Waals surface area contributed by atoms with Gasteiger partial charge in [0.25, 0.3) is 0 Å². The van der Waals surface area contributed by atoms with Gasteiger partial charge >= 0.3 is 5.97 Å². The van der Waals surface area contributed by atoms with E-state index in [-0.39, 0.29) is 36.2 Å². The largest absolute Gasteiger partial charge is 0.505 e. The molecule has 1 saturated carbocycles. The number of rotatable bonds is 10. The first-order valence-electron chi connectivity index (χ1n) is 9.73. The molecule has 0 bridgehead atoms. The average Bonchev–Trinajstić information content (AvgIpc) is 2.94. The maximum absolute atomic E-state index is 12.2. The van der Waals surface area contributed by atoms with Crippen LogP contribution in [0.4, 0.5) is 0 Å². The van der Waals surface area contributed by atoms with Gasteiger partial charge in [0.2, 0.25) is 0 Å². The number of benzene rings is 1. The third-order valence-electron chi connectivity index (χ3n) is 4.99. The van der Waals surface area contributed by atoms with Gasteiger partial charge < -0.3 is 15.3 Å². The Morgan fingerprint density at radius 2 is 1.89 bits per heavy atom. The van der Waals surface area contributed by atoms with Crippen molar-refractivity contribution in [1.29, 1.82) is 0 Å². The van der Waals surface area contributed by atoms with Crippen molar-refractivity contribution >= 4 is 11.8 Å². The van der Waals surface area contributed by atoms with Crippen molar-refractivity contribution in [3.8, 4) is 0 Å². The molecule has 0 saturated heterocycles. The van der Waals surface area contributed by atoms with Crippen LogP contribution in [0.2, 0.25) is 0 Å². The topological polar surface area (TPSA) is 94.8 Å². The third kappa shape index (κ3) is 7.18. The Hall–Kier alpha value is -2.62. The van der Waals surface area contributed by atoms with Gasteiger partial charge in [-0.3, -0.25) is 9.59 Å². The predicted octanol–water partition coefficient (Wildman–Crippen LogP) is 3.98. The molecule has 5 nitrogen and oxygen atoms in total. The molecule has 0 aliphatic heterocycles. The lowest BCUT2D eigenvalue weighted by molar-refractivity contribution is -0.137. The lowest BCUT2D eigenvalue weighted by Crippen LogP contribution is -2.17. The number of aliphatic carboxylic acids is 1. The van der Waals surface area contributed by atoms with E-state index in [0.717, 1.165) is 5.56 Å². The van der Waals surface area contributed by atoms with E-state index in [4.69, 9.17) is 5.11 Å². The average molecular weight is 384 g/mol. The maximum atomic E-state index is 12.2. The molecular formula is C23H28O5. The number of aryl methyl sites for hydroxylation is 1. The maximum Gasteiger partial charge on any atom is 0.303 e. The monoisotopic (exact) mass is 384 g/mol. The smallest absolute Gasteiger partial charge is 0.303 e. The SMILES string of the molecule is O=C(O)CCC/C=C\C[C@@H]1C(=O)CC(O)[C@@H]1C=C=C(O)CCc1ccccc1. The van der Waals surface area contributed by atoms with Crippen LogP contribution < -0.4 is 0 Å². The minimum Gasteiger partial charge on any atom is -0.505 e. The number of aliphatic hydroxyl groups is 2. The molecule has 0 aromatic heterocycles. The zero-order valence-electron chi connectivity index (χ0n) is 16.0. The van der Waals surface area contributed by atoms with Crippen LogP contribution in [0.25, 0.3) is 0 Å². The lowest BCUT2D eigenvalue weighted by atomic mass is 9.91. The van der Waals surface area contributed by atoms with Gasteiger partial charge in [-0.2, -0.15) is 0 Å². The molecule has 0 spiro atoms. The Kier molecular flexibility index (Phi) is 8.73. The summed E-state index contributed by atoms with van der Waals surface area (Å²) in [6, 6.07) is 9.83. The summed E-state index contributed by atoms with van der Waals surface area (Å²) >= 11 is 0. The van der Waals surface area contributed by atoms with Crippen LogP contribution in [0.5, 0.6) is 0 Å². The molecule has 1 aromatic rings. The molecule has 3 atom stereocenters. The molecule has 0 heterocycles. The van der Waals surface area contributed by atoms with Gasteiger partial charge in [0.05, 0.1) is 6.10 Å². The first-order chi connectivity index (χ1) is 13.5. The Balaban J connectivity index is 1.90. The molecule has 150 valence electrons. The summed E-state index contributed by atoms with van der Waals surface area (Å²) in [5.41, 5.74) is 3.97. The van der Waals surface area contributed by atoms with Gasteiger partial charge in [-0.25, -0.2) is 0 Å². The van der Waals surface area contributed by atoms with Crippen LogP contribution in [0.1, 0.15) is 44.1 Å². The summed E-state index contributed by atoms with van der Waals surface area (Å²) in [6.07, 6.45) is 7.73. The van der Waals surface area contributed by atoms with Crippen molar-refractivity contribution in [1.82, 2.24) is 0 Å². The zero-order chi connectivity index (χ0) is 20.4. The Labute approximate surface area is 165 Å². The number of carbonyl (C=O) groups excluding carboxylic acids is 1. The van der Waals surface area contributed by atoms with Gasteiger partial charge in [-0.15, -0.1) is 0 Å². The van der Waals surface area contributed by atoms with Crippen LogP contribution in [-0.2, 0) is 16.0 Å². The van der Waals surface area contributed by atoms with Crippen molar-refractivity contribution in [3.63, 3.8) is 0 Å². The Morgan fingerprint density at radius 1 is 1.14 bits per heavy atom. The summed E-state index contributed by atoms with van der Waals surface area (Å²) in [6.45, 7) is 0. The van der Waals surface area contributed by atoms with E-state index in [1.54, 1.807) is 6.08 Å². The van der Waals surface area contributed by atoms with E-state index >= 15 is 0 Å². The van der Waals surface area contributed by atoms with Gasteiger partial charge in [0.1, 0.15) is 11.5 Å². The predicted molar refractivity (Wildman–Crippen MR) is 107 cm³/mol. The molecule has 1 aliphatic rings. The van der Waals surface area contributed by atoms with Gasteiger partial charge in [0.15, 0.2) is 0 Å². The number of carboxylic acid groups (broad SMARTS) is 1. The number of hydrogen-bond donors (Lipinski definition) is 3. The number of allylic oxidation sites excluding steroid dienone is 2. The number of hydrogen-bond acceptors (Lipinski definition) is 4. The van der Waals surface area contributed by atoms with Gasteiger partial charge in [0, 0.05) is 31.1 Å². The van der Waals surface area contributed by atoms with Crippen LogP contribution in [0.3, 0.4) is 0 Å². The number of ketones is 1. The highest BCUT2D eigenvalue weighted by molar-refractivity contribution is 5.84. The number of unbranched alkanes of at least 4 members (excludes halogenated alkanes) is 1. The molecule has 0 amide bonds. The van der Waals surface area contributed by atoms with Gasteiger partial charge in [-0.05, 0) is 37.3 Å². The second kappa shape index (κ2) is 11.3. The second-order valence-electron chi connectivity index (χ2n) is 7.16. The van der Waals surface area contributed by atoms with Crippen LogP contribution >= 0.6 is 0 Å². The molecule has 3 N–H and O–H groups in total. The quantitative estimate of drug-likeness (QED) is 0.245. The summed E-state index contributed by atoms with van der Waals surface area (Å²) < 4.78 is 0. The highest BCUT2D eigenvalue weighted by Gasteiger charge is 2.39. The molecule has 28 heavy (non-hydrogen) atoms. The zero-order valence-corrected chi connectivity index (χ0v) is 16.0. The van der Waals surface area contributed by atoms with E-state index in [2.05, 4.69) is 5.73 Å². The highest BCUT2D eigenvalue weighted by Crippen LogP contribution is 2.33. The number of Topliss-reactive ketones (excluding diaryl/α,β-unsaturated/α-hetero) is 1. The second-order valence-corrected chi connectivity index (χ2v) is 7.16. The fourth-order valence-electron chi connectivity index (χ4n) is 3.40. The standard InChI is InChI=1S/C23H28O5/c24-18(13-12-17-8-4-3-5-9-17)14-15-20-19(21(25)16-22(20)26)10-6-1-2-7-11-23(27)28/h1,3-6,8-9,15,19-20,22,24,26H,2,7,10-13,16H2,(H,27,28)/b6-1-/t14?,19-,20+,22?/m0/s1. The van der Waals surface area contributed by atoms with E-state index < -0.39 is 12.1 Å². The van der Waals surface area contributed by atoms with Crippen molar-refractivity contribution in [2.24, 2.45) is 11.8 Å². The summed E-state index contributed by atoms with van der Waals surface area (Å²) in [4.78, 5) is 22.7. The number of aliphatic hydroxyl groups excluding tert-OH is 2. The fraction of sp³-hybridized carbons (Fsp3) is 0.435.